The molecule has 0 atom stereocenters. The molecule has 3 nitrogen and oxygen atoms in total. The zero-order chi connectivity index (χ0) is 17.4. The van der Waals surface area contributed by atoms with Crippen LogP contribution in [0, 0.1) is 5.82 Å². The summed E-state index contributed by atoms with van der Waals surface area (Å²) >= 11 is 6.03. The van der Waals surface area contributed by atoms with Gasteiger partial charge < -0.3 is 5.32 Å². The van der Waals surface area contributed by atoms with Gasteiger partial charge in [0.25, 0.3) is 0 Å². The molecule has 5 heteroatoms. The molecule has 0 radical (unpaired) electrons. The smallest absolute Gasteiger partial charge is 0.132 e. The fraction of sp³-hybridized carbons (Fsp3) is 0.200. The summed E-state index contributed by atoms with van der Waals surface area (Å²) in [5.41, 5.74) is 4.12. The van der Waals surface area contributed by atoms with Crippen LogP contribution in [0.4, 0.5) is 15.8 Å². The molecule has 2 heterocycles. The summed E-state index contributed by atoms with van der Waals surface area (Å²) in [6.45, 7) is 2.22. The fourth-order valence-electron chi connectivity index (χ4n) is 2.93. The van der Waals surface area contributed by atoms with Gasteiger partial charge >= 0.3 is 0 Å². The molecule has 0 spiro atoms. The Bertz CT molecular complexity index is 923. The second-order valence-corrected chi connectivity index (χ2v) is 7.10. The summed E-state index contributed by atoms with van der Waals surface area (Å²) in [6.07, 6.45) is 7.58. The van der Waals surface area contributed by atoms with Crippen LogP contribution in [0.3, 0.4) is 0 Å². The molecular weight excluding hydrogens is 337 g/mol. The van der Waals surface area contributed by atoms with Crippen molar-refractivity contribution < 1.29 is 4.39 Å². The molecule has 3 aromatic rings. The van der Waals surface area contributed by atoms with Gasteiger partial charge in [-0.3, -0.25) is 9.97 Å². The van der Waals surface area contributed by atoms with Crippen LogP contribution < -0.4 is 5.32 Å². The van der Waals surface area contributed by atoms with Gasteiger partial charge in [0, 0.05) is 40.6 Å². The molecule has 0 saturated heterocycles. The average Bonchev–Trinajstić information content (AvgIpc) is 3.36. The Morgan fingerprint density at radius 1 is 1.12 bits per heavy atom. The Morgan fingerprint density at radius 2 is 1.88 bits per heavy atom. The molecule has 0 aliphatic heterocycles. The number of benzene rings is 1. The molecule has 126 valence electrons. The Labute approximate surface area is 150 Å². The zero-order valence-electron chi connectivity index (χ0n) is 13.8. The van der Waals surface area contributed by atoms with Crippen LogP contribution in [-0.4, -0.2) is 9.97 Å². The molecule has 4 rings (SSSR count). The van der Waals surface area contributed by atoms with E-state index >= 15 is 0 Å². The Hall–Kier alpha value is -2.46. The zero-order valence-corrected chi connectivity index (χ0v) is 14.5. The highest BCUT2D eigenvalue weighted by Crippen LogP contribution is 2.50. The molecule has 0 unspecified atom stereocenters. The summed E-state index contributed by atoms with van der Waals surface area (Å²) in [6, 6.07) is 10.2. The van der Waals surface area contributed by atoms with Gasteiger partial charge in [-0.15, -0.1) is 0 Å². The first kappa shape index (κ1) is 16.0. The summed E-state index contributed by atoms with van der Waals surface area (Å²) in [4.78, 5) is 8.55. The van der Waals surface area contributed by atoms with Crippen molar-refractivity contribution in [2.75, 3.05) is 5.32 Å². The molecule has 1 aromatic carbocycles. The highest BCUT2D eigenvalue weighted by molar-refractivity contribution is 6.30. The second-order valence-electron chi connectivity index (χ2n) is 6.66. The lowest BCUT2D eigenvalue weighted by atomic mass is 9.97. The van der Waals surface area contributed by atoms with E-state index in [1.165, 1.54) is 12.1 Å². The van der Waals surface area contributed by atoms with Crippen LogP contribution in [0.1, 0.15) is 25.3 Å². The minimum absolute atomic E-state index is 0.133. The van der Waals surface area contributed by atoms with Crippen LogP contribution in [0.5, 0.6) is 0 Å². The van der Waals surface area contributed by atoms with Crippen molar-refractivity contribution in [1.82, 2.24) is 9.97 Å². The Morgan fingerprint density at radius 3 is 2.60 bits per heavy atom. The number of hydrogen-bond donors (Lipinski definition) is 1. The minimum Gasteiger partial charge on any atom is -0.355 e. The number of halogens is 2. The van der Waals surface area contributed by atoms with Gasteiger partial charge in [0.15, 0.2) is 0 Å². The second kappa shape index (κ2) is 6.12. The number of aromatic nitrogens is 2. The number of rotatable bonds is 4. The van der Waals surface area contributed by atoms with Crippen LogP contribution in [0.15, 0.2) is 55.0 Å². The van der Waals surface area contributed by atoms with E-state index in [9.17, 15) is 4.39 Å². The lowest BCUT2D eigenvalue weighted by Crippen LogP contribution is -2.07. The highest BCUT2D eigenvalue weighted by Gasteiger charge is 2.41. The van der Waals surface area contributed by atoms with Gasteiger partial charge in [-0.05, 0) is 60.2 Å². The maximum Gasteiger partial charge on any atom is 0.132 e. The minimum atomic E-state index is -0.336. The monoisotopic (exact) mass is 353 g/mol. The predicted molar refractivity (Wildman–Crippen MR) is 98.7 cm³/mol. The summed E-state index contributed by atoms with van der Waals surface area (Å²) in [7, 11) is 0. The van der Waals surface area contributed by atoms with Crippen molar-refractivity contribution in [3.63, 3.8) is 0 Å². The topological polar surface area (TPSA) is 37.8 Å². The van der Waals surface area contributed by atoms with Crippen molar-refractivity contribution in [2.45, 2.75) is 25.2 Å². The van der Waals surface area contributed by atoms with E-state index in [4.69, 9.17) is 11.6 Å². The summed E-state index contributed by atoms with van der Waals surface area (Å²) < 4.78 is 14.2. The van der Waals surface area contributed by atoms with E-state index in [0.717, 1.165) is 29.8 Å². The third-order valence-corrected chi connectivity index (χ3v) is 4.95. The highest BCUT2D eigenvalue weighted by atomic mass is 35.5. The molecule has 1 N–H and O–H groups in total. The third kappa shape index (κ3) is 3.22. The van der Waals surface area contributed by atoms with Gasteiger partial charge in [0.1, 0.15) is 5.82 Å². The number of nitrogens with zero attached hydrogens (tertiary/aromatic N) is 2. The first-order valence-electron chi connectivity index (χ1n) is 8.18. The lowest BCUT2D eigenvalue weighted by molar-refractivity contribution is 0.630. The van der Waals surface area contributed by atoms with Gasteiger partial charge in [-0.2, -0.15) is 0 Å². The third-order valence-electron chi connectivity index (χ3n) is 4.72. The van der Waals surface area contributed by atoms with E-state index < -0.39 is 0 Å². The van der Waals surface area contributed by atoms with Crippen LogP contribution in [0.25, 0.3) is 11.3 Å². The predicted octanol–water partition coefficient (Wildman–Crippen LogP) is 5.73. The molecule has 1 aliphatic rings. The molecule has 0 amide bonds. The van der Waals surface area contributed by atoms with Crippen LogP contribution in [0.2, 0.25) is 5.02 Å². The standard InChI is InChI=1S/C20H17ClFN3/c1-20(6-7-20)16-12-24-18(15-10-13(21)2-3-17(15)22)11-19(16)25-14-4-8-23-9-5-14/h2-5,8-12H,6-7H2,1H3,(H,23,24,25). The number of anilines is 2. The van der Waals surface area contributed by atoms with Gasteiger partial charge in [-0.25, -0.2) is 4.39 Å². The van der Waals surface area contributed by atoms with E-state index in [1.54, 1.807) is 18.5 Å². The number of pyridine rings is 2. The largest absolute Gasteiger partial charge is 0.355 e. The number of hydrogen-bond acceptors (Lipinski definition) is 3. The molecule has 1 fully saturated rings. The number of nitrogens with one attached hydrogen (secondary N) is 1. The van der Waals surface area contributed by atoms with Crippen molar-refractivity contribution in [1.29, 1.82) is 0 Å². The summed E-state index contributed by atoms with van der Waals surface area (Å²) in [5.74, 6) is -0.336. The van der Waals surface area contributed by atoms with Gasteiger partial charge in [-0.1, -0.05) is 18.5 Å². The van der Waals surface area contributed by atoms with Crippen molar-refractivity contribution >= 4 is 23.0 Å². The molecule has 1 aliphatic carbocycles. The van der Waals surface area contributed by atoms with E-state index in [-0.39, 0.29) is 11.2 Å². The van der Waals surface area contributed by atoms with E-state index in [2.05, 4.69) is 22.2 Å². The van der Waals surface area contributed by atoms with Crippen LogP contribution >= 0.6 is 11.6 Å². The first-order chi connectivity index (χ1) is 12.0. The van der Waals surface area contributed by atoms with Crippen molar-refractivity contribution in [3.8, 4) is 11.3 Å². The SMILES string of the molecule is CC1(c2cnc(-c3cc(Cl)ccc3F)cc2Nc2ccncc2)CC1. The van der Waals surface area contributed by atoms with Crippen LogP contribution in [-0.2, 0) is 5.41 Å². The van der Waals surface area contributed by atoms with E-state index in [0.29, 0.717) is 16.3 Å². The Kier molecular flexibility index (Phi) is 3.92. The Balaban J connectivity index is 1.80. The van der Waals surface area contributed by atoms with Gasteiger partial charge in [0.2, 0.25) is 0 Å². The maximum absolute atomic E-state index is 14.2. The average molecular weight is 354 g/mol. The lowest BCUT2D eigenvalue weighted by Gasteiger charge is -2.18. The fourth-order valence-corrected chi connectivity index (χ4v) is 3.10. The molecular formula is C20H17ClFN3. The van der Waals surface area contributed by atoms with Crippen molar-refractivity contribution in [3.05, 3.63) is 71.4 Å². The van der Waals surface area contributed by atoms with Gasteiger partial charge in [0.05, 0.1) is 5.69 Å². The first-order valence-corrected chi connectivity index (χ1v) is 8.56. The molecule has 25 heavy (non-hydrogen) atoms. The van der Waals surface area contributed by atoms with E-state index in [1.807, 2.05) is 24.4 Å². The summed E-state index contributed by atoms with van der Waals surface area (Å²) in [5, 5.41) is 3.91. The molecule has 0 bridgehead atoms. The quantitative estimate of drug-likeness (QED) is 0.650. The molecule has 2 aromatic heterocycles. The maximum atomic E-state index is 14.2. The normalized spacial score (nSPS) is 15.0. The molecule has 1 saturated carbocycles. The van der Waals surface area contributed by atoms with Crippen molar-refractivity contribution in [2.24, 2.45) is 0 Å².